The fraction of sp³-hybridized carbons (Fsp3) is 0.412. The predicted molar refractivity (Wildman–Crippen MR) is 93.6 cm³/mol. The summed E-state index contributed by atoms with van der Waals surface area (Å²) in [4.78, 5) is 49.3. The van der Waals surface area contributed by atoms with E-state index in [0.29, 0.717) is 0 Å². The predicted octanol–water partition coefficient (Wildman–Crippen LogP) is -0.241. The van der Waals surface area contributed by atoms with Crippen molar-refractivity contribution in [3.63, 3.8) is 0 Å². The van der Waals surface area contributed by atoms with Crippen molar-refractivity contribution < 1.29 is 29.0 Å². The molecule has 1 unspecified atom stereocenters. The van der Waals surface area contributed by atoms with Gasteiger partial charge in [-0.3, -0.25) is 4.79 Å². The van der Waals surface area contributed by atoms with Crippen molar-refractivity contribution in [3.8, 4) is 0 Å². The molecule has 1 aromatic rings. The number of esters is 1. The van der Waals surface area contributed by atoms with Crippen LogP contribution in [0.25, 0.3) is 0 Å². The van der Waals surface area contributed by atoms with Gasteiger partial charge in [-0.1, -0.05) is 18.2 Å². The number of carbonyl (C=O) groups is 4. The van der Waals surface area contributed by atoms with Crippen molar-refractivity contribution >= 4 is 29.4 Å². The van der Waals surface area contributed by atoms with E-state index in [9.17, 15) is 19.2 Å². The summed E-state index contributed by atoms with van der Waals surface area (Å²) in [6.45, 7) is 2.09. The largest absolute Gasteiger partial charge is 0.481 e. The van der Waals surface area contributed by atoms with E-state index < -0.39 is 52.8 Å². The van der Waals surface area contributed by atoms with E-state index in [-0.39, 0.29) is 5.69 Å². The Morgan fingerprint density at radius 3 is 2.15 bits per heavy atom. The van der Waals surface area contributed by atoms with E-state index in [1.807, 2.05) is 0 Å². The van der Waals surface area contributed by atoms with Crippen molar-refractivity contribution in [3.05, 3.63) is 30.3 Å². The summed E-state index contributed by atoms with van der Waals surface area (Å²) >= 11 is 0. The van der Waals surface area contributed by atoms with Crippen molar-refractivity contribution in [1.82, 2.24) is 4.48 Å². The number of carboxylic acids is 1. The molecule has 0 saturated carbocycles. The minimum Gasteiger partial charge on any atom is -0.481 e. The zero-order valence-electron chi connectivity index (χ0n) is 15.0. The smallest absolute Gasteiger partial charge is 0.362 e. The molecule has 0 saturated heterocycles. The highest BCUT2D eigenvalue weighted by atomic mass is 16.5. The van der Waals surface area contributed by atoms with Crippen LogP contribution in [0.2, 0.25) is 0 Å². The fourth-order valence-electron chi connectivity index (χ4n) is 2.58. The molecule has 2 atom stereocenters. The van der Waals surface area contributed by atoms with Gasteiger partial charge in [0.1, 0.15) is 17.3 Å². The number of hydrogen-bond acceptors (Lipinski definition) is 7. The topological polar surface area (TPSA) is 150 Å². The van der Waals surface area contributed by atoms with Crippen LogP contribution in [0.5, 0.6) is 0 Å². The number of amides is 2. The molecule has 0 aliphatic rings. The normalized spacial score (nSPS) is 14.8. The Balaban J connectivity index is 3.68. The van der Waals surface area contributed by atoms with Gasteiger partial charge in [-0.15, -0.1) is 0 Å². The van der Waals surface area contributed by atoms with Crippen LogP contribution in [-0.4, -0.2) is 54.1 Å². The molecule has 0 heterocycles. The maximum Gasteiger partial charge on any atom is 0.362 e. The molecule has 0 aliphatic heterocycles. The molecule has 5 N–H and O–H groups in total. The molecule has 0 aromatic heterocycles. The van der Waals surface area contributed by atoms with Crippen LogP contribution in [0.4, 0.5) is 5.69 Å². The molecule has 142 valence electrons. The number of para-hydroxylation sites is 1. The van der Waals surface area contributed by atoms with E-state index in [4.69, 9.17) is 16.6 Å². The van der Waals surface area contributed by atoms with Crippen LogP contribution in [0.1, 0.15) is 20.3 Å². The number of carboxylic acid groups (broad SMARTS) is 1. The first-order valence-electron chi connectivity index (χ1n) is 7.83. The Morgan fingerprint density at radius 2 is 1.73 bits per heavy atom. The molecule has 26 heavy (non-hydrogen) atoms. The number of nitrogens with zero attached hydrogens (tertiary/aromatic N) is 1. The van der Waals surface area contributed by atoms with Gasteiger partial charge < -0.3 is 21.3 Å². The number of benzene rings is 1. The standard InChI is InChI=1S/C17H23N3O6/c1-17(2,19)16(25)20(10-14(23)26-3,11-7-5-4-6-8-11)15(24)12(18)9-13(21)22/h4-8,12H,9-10,18-19H2,1-3H3/p+1/t12-,20?/m0/s1. The Bertz CT molecular complexity index is 698. The number of quaternary nitrogens is 1. The molecule has 0 fully saturated rings. The van der Waals surface area contributed by atoms with Crippen LogP contribution in [0.3, 0.4) is 0 Å². The SMILES string of the molecule is COC(=O)C[N+](C(=O)[C@@H](N)CC(=O)O)(C(=O)C(C)(C)N)c1ccccc1. The molecule has 9 heteroatoms. The lowest BCUT2D eigenvalue weighted by Gasteiger charge is -2.37. The molecule has 2 amide bonds. The maximum atomic E-state index is 13.2. The van der Waals surface area contributed by atoms with E-state index in [2.05, 4.69) is 4.74 Å². The quantitative estimate of drug-likeness (QED) is 0.442. The van der Waals surface area contributed by atoms with E-state index in [0.717, 1.165) is 7.11 Å². The minimum atomic E-state index is -1.52. The Morgan fingerprint density at radius 1 is 1.19 bits per heavy atom. The molecular weight excluding hydrogens is 342 g/mol. The molecule has 1 rings (SSSR count). The third-order valence-corrected chi connectivity index (χ3v) is 3.78. The van der Waals surface area contributed by atoms with Crippen molar-refractivity contribution in [2.45, 2.75) is 31.8 Å². The van der Waals surface area contributed by atoms with Crippen molar-refractivity contribution in [2.75, 3.05) is 13.7 Å². The number of ether oxygens (including phenoxy) is 1. The third-order valence-electron chi connectivity index (χ3n) is 3.78. The lowest BCUT2D eigenvalue weighted by atomic mass is 9.99. The summed E-state index contributed by atoms with van der Waals surface area (Å²) in [6.07, 6.45) is -0.703. The molecule has 1 aromatic carbocycles. The van der Waals surface area contributed by atoms with Crippen molar-refractivity contribution in [2.24, 2.45) is 11.5 Å². The van der Waals surface area contributed by atoms with Gasteiger partial charge in [-0.05, 0) is 13.8 Å². The summed E-state index contributed by atoms with van der Waals surface area (Å²) in [5, 5.41) is 8.96. The van der Waals surface area contributed by atoms with Crippen LogP contribution < -0.4 is 16.0 Å². The summed E-state index contributed by atoms with van der Waals surface area (Å²) in [5.41, 5.74) is 10.3. The average Bonchev–Trinajstić information content (AvgIpc) is 2.57. The Kier molecular flexibility index (Phi) is 6.73. The lowest BCUT2D eigenvalue weighted by Crippen LogP contribution is -2.71. The van der Waals surface area contributed by atoms with Gasteiger partial charge in [0, 0.05) is 12.1 Å². The lowest BCUT2D eigenvalue weighted by molar-refractivity contribution is -0.156. The fourth-order valence-corrected chi connectivity index (χ4v) is 2.58. The maximum absolute atomic E-state index is 13.2. The number of aliphatic carboxylic acids is 1. The molecule has 9 nitrogen and oxygen atoms in total. The van der Waals surface area contributed by atoms with Gasteiger partial charge >= 0.3 is 23.8 Å². The highest BCUT2D eigenvalue weighted by molar-refractivity contribution is 6.16. The Labute approximate surface area is 151 Å². The summed E-state index contributed by atoms with van der Waals surface area (Å²) in [6, 6.07) is 6.23. The molecule has 0 aliphatic carbocycles. The number of imide groups is 1. The first-order valence-corrected chi connectivity index (χ1v) is 7.83. The van der Waals surface area contributed by atoms with Gasteiger partial charge in [0.25, 0.3) is 0 Å². The van der Waals surface area contributed by atoms with Gasteiger partial charge in [0.05, 0.1) is 13.5 Å². The van der Waals surface area contributed by atoms with Gasteiger partial charge in [-0.25, -0.2) is 14.4 Å². The van der Waals surface area contributed by atoms with Crippen LogP contribution in [0.15, 0.2) is 30.3 Å². The van der Waals surface area contributed by atoms with Crippen LogP contribution in [-0.2, 0) is 23.9 Å². The summed E-state index contributed by atoms with van der Waals surface area (Å²) in [5.74, 6) is -3.91. The molecule has 0 spiro atoms. The minimum absolute atomic E-state index is 0.146. The average molecular weight is 366 g/mol. The van der Waals surface area contributed by atoms with Crippen LogP contribution in [0, 0.1) is 0 Å². The first-order chi connectivity index (χ1) is 12.0. The number of methoxy groups -OCH3 is 1. The molecule has 0 bridgehead atoms. The number of carbonyl (C=O) groups excluding carboxylic acids is 3. The van der Waals surface area contributed by atoms with Crippen molar-refractivity contribution in [1.29, 1.82) is 0 Å². The second-order valence-corrected chi connectivity index (χ2v) is 6.45. The zero-order chi connectivity index (χ0) is 20.1. The van der Waals surface area contributed by atoms with Crippen LogP contribution >= 0.6 is 0 Å². The number of nitrogens with two attached hydrogens (primary N) is 2. The molecule has 0 radical (unpaired) electrons. The van der Waals surface area contributed by atoms with Gasteiger partial charge in [0.2, 0.25) is 0 Å². The molecular formula is C17H24N3O6+. The first kappa shape index (κ1) is 21.4. The summed E-state index contributed by atoms with van der Waals surface area (Å²) < 4.78 is 3.48. The summed E-state index contributed by atoms with van der Waals surface area (Å²) in [7, 11) is 1.11. The van der Waals surface area contributed by atoms with Gasteiger partial charge in [-0.2, -0.15) is 4.48 Å². The van der Waals surface area contributed by atoms with E-state index >= 15 is 0 Å². The third kappa shape index (κ3) is 4.51. The highest BCUT2D eigenvalue weighted by Crippen LogP contribution is 2.28. The number of rotatable bonds is 7. The number of hydrogen-bond donors (Lipinski definition) is 3. The van der Waals surface area contributed by atoms with E-state index in [1.54, 1.807) is 18.2 Å². The zero-order valence-corrected chi connectivity index (χ0v) is 15.0. The monoisotopic (exact) mass is 366 g/mol. The Hall–Kier alpha value is -2.62. The van der Waals surface area contributed by atoms with E-state index in [1.165, 1.54) is 26.0 Å². The van der Waals surface area contributed by atoms with Gasteiger partial charge in [0.15, 0.2) is 6.54 Å². The second kappa shape index (κ2) is 8.17. The highest BCUT2D eigenvalue weighted by Gasteiger charge is 2.55. The second-order valence-electron chi connectivity index (χ2n) is 6.45.